The molecule has 1 aromatic rings. The fraction of sp³-hybridized carbons (Fsp3) is 0.450. The lowest BCUT2D eigenvalue weighted by Gasteiger charge is -2.34. The van der Waals surface area contributed by atoms with Gasteiger partial charge in [-0.3, -0.25) is 4.79 Å². The molecule has 1 fully saturated rings. The van der Waals surface area contributed by atoms with E-state index in [0.717, 1.165) is 28.7 Å². The van der Waals surface area contributed by atoms with Crippen LogP contribution in [0.1, 0.15) is 37.8 Å². The number of rotatable bonds is 1. The van der Waals surface area contributed by atoms with Crippen LogP contribution in [-0.2, 0) is 4.79 Å². The van der Waals surface area contributed by atoms with E-state index in [9.17, 15) is 15.0 Å². The summed E-state index contributed by atoms with van der Waals surface area (Å²) in [5, 5.41) is 19.7. The average molecular weight is 310 g/mol. The third-order valence-corrected chi connectivity index (χ3v) is 6.23. The summed E-state index contributed by atoms with van der Waals surface area (Å²) in [5.41, 5.74) is 5.30. The first-order chi connectivity index (χ1) is 11.1. The lowest BCUT2D eigenvalue weighted by atomic mass is 9.69. The Balaban J connectivity index is 1.82. The Morgan fingerprint density at radius 3 is 2.74 bits per heavy atom. The lowest BCUT2D eigenvalue weighted by molar-refractivity contribution is -0.114. The van der Waals surface area contributed by atoms with E-state index in [0.29, 0.717) is 18.3 Å². The minimum atomic E-state index is 0.139. The number of Topliss-reactive ketones (excluding diaryl/α,β-unsaturated/α-hetero) is 1. The fourth-order valence-corrected chi connectivity index (χ4v) is 5.14. The Kier molecular flexibility index (Phi) is 3.24. The van der Waals surface area contributed by atoms with Crippen molar-refractivity contribution in [1.29, 1.82) is 0 Å². The number of hydrogen-bond donors (Lipinski definition) is 2. The molecule has 3 heteroatoms. The van der Waals surface area contributed by atoms with Gasteiger partial charge in [-0.15, -0.1) is 0 Å². The van der Waals surface area contributed by atoms with E-state index in [1.54, 1.807) is 12.1 Å². The summed E-state index contributed by atoms with van der Waals surface area (Å²) < 4.78 is 0. The standard InChI is InChI=1S/C20H22O3/c1-3-12-10(2)14-7-17-15-6-11(22)4-5-13(15)20(17)19(23)8-16(12)18(14)9-21/h3-6,10,14,16,18,21-22H,7-9H2,1-2H3/b12-3-/t10-,14-,16-,18+/m0/s1. The van der Waals surface area contributed by atoms with Gasteiger partial charge in [-0.1, -0.05) is 18.6 Å². The van der Waals surface area contributed by atoms with Gasteiger partial charge < -0.3 is 10.2 Å². The van der Waals surface area contributed by atoms with E-state index in [1.807, 2.05) is 13.0 Å². The number of fused-ring (bicyclic) bond motifs is 5. The van der Waals surface area contributed by atoms with Crippen molar-refractivity contribution in [2.75, 3.05) is 6.61 Å². The molecule has 3 nitrogen and oxygen atoms in total. The number of carbonyl (C=O) groups excluding carboxylic acids is 1. The Bertz CT molecular complexity index is 756. The van der Waals surface area contributed by atoms with E-state index in [-0.39, 0.29) is 30.0 Å². The Morgan fingerprint density at radius 1 is 1.26 bits per heavy atom. The highest BCUT2D eigenvalue weighted by Crippen LogP contribution is 2.56. The molecule has 0 spiro atoms. The largest absolute Gasteiger partial charge is 0.508 e. The van der Waals surface area contributed by atoms with Crippen molar-refractivity contribution in [1.82, 2.24) is 0 Å². The highest BCUT2D eigenvalue weighted by Gasteiger charge is 2.48. The molecule has 3 aliphatic rings. The molecule has 2 N–H and O–H groups in total. The first-order valence-corrected chi connectivity index (χ1v) is 8.43. The first kappa shape index (κ1) is 14.7. The van der Waals surface area contributed by atoms with Gasteiger partial charge in [-0.05, 0) is 71.9 Å². The van der Waals surface area contributed by atoms with Gasteiger partial charge in [-0.25, -0.2) is 0 Å². The van der Waals surface area contributed by atoms with Crippen LogP contribution >= 0.6 is 0 Å². The summed E-state index contributed by atoms with van der Waals surface area (Å²) in [5.74, 6) is 1.53. The summed E-state index contributed by atoms with van der Waals surface area (Å²) in [6.45, 7) is 4.40. The lowest BCUT2D eigenvalue weighted by Crippen LogP contribution is -2.28. The fourth-order valence-electron chi connectivity index (χ4n) is 5.14. The number of carbonyl (C=O) groups is 1. The molecule has 4 atom stereocenters. The zero-order valence-electron chi connectivity index (χ0n) is 13.5. The predicted molar refractivity (Wildman–Crippen MR) is 89.6 cm³/mol. The minimum absolute atomic E-state index is 0.139. The smallest absolute Gasteiger partial charge is 0.164 e. The second-order valence-electron chi connectivity index (χ2n) is 7.11. The van der Waals surface area contributed by atoms with E-state index < -0.39 is 0 Å². The highest BCUT2D eigenvalue weighted by atomic mass is 16.3. The number of benzene rings is 1. The quantitative estimate of drug-likeness (QED) is 0.782. The summed E-state index contributed by atoms with van der Waals surface area (Å²) in [6, 6.07) is 5.28. The molecule has 0 saturated heterocycles. The van der Waals surface area contributed by atoms with Crippen molar-refractivity contribution in [3.8, 4) is 5.75 Å². The van der Waals surface area contributed by atoms with Crippen molar-refractivity contribution in [2.24, 2.45) is 23.7 Å². The number of phenols is 1. The third-order valence-electron chi connectivity index (χ3n) is 6.23. The summed E-state index contributed by atoms with van der Waals surface area (Å²) in [6.07, 6.45) is 3.45. The van der Waals surface area contributed by atoms with Crippen LogP contribution in [0.5, 0.6) is 5.75 Å². The topological polar surface area (TPSA) is 57.5 Å². The van der Waals surface area contributed by atoms with E-state index >= 15 is 0 Å². The van der Waals surface area contributed by atoms with E-state index in [1.165, 1.54) is 5.57 Å². The molecule has 0 amide bonds. The molecular formula is C20H22O3. The van der Waals surface area contributed by atoms with Gasteiger partial charge in [0.1, 0.15) is 5.75 Å². The molecule has 0 aliphatic heterocycles. The zero-order valence-corrected chi connectivity index (χ0v) is 13.5. The van der Waals surface area contributed by atoms with Gasteiger partial charge in [-0.2, -0.15) is 0 Å². The number of phenolic OH excluding ortho intramolecular Hbond substituents is 1. The van der Waals surface area contributed by atoms with Crippen LogP contribution in [0.15, 0.2) is 29.8 Å². The Hall–Kier alpha value is -1.87. The maximum absolute atomic E-state index is 12.9. The van der Waals surface area contributed by atoms with Crippen molar-refractivity contribution < 1.29 is 15.0 Å². The minimum Gasteiger partial charge on any atom is -0.508 e. The van der Waals surface area contributed by atoms with Crippen molar-refractivity contribution >= 4 is 16.9 Å². The van der Waals surface area contributed by atoms with Crippen LogP contribution < -0.4 is 0 Å². The number of aromatic hydroxyl groups is 1. The van der Waals surface area contributed by atoms with Crippen LogP contribution in [0.25, 0.3) is 11.1 Å². The maximum atomic E-state index is 12.9. The number of hydrogen-bond acceptors (Lipinski definition) is 3. The number of ketones is 1. The van der Waals surface area contributed by atoms with Crippen LogP contribution in [-0.4, -0.2) is 22.6 Å². The van der Waals surface area contributed by atoms with E-state index in [2.05, 4.69) is 13.0 Å². The molecule has 0 heterocycles. The monoisotopic (exact) mass is 310 g/mol. The van der Waals surface area contributed by atoms with Gasteiger partial charge in [0.05, 0.1) is 0 Å². The number of allylic oxidation sites excluding steroid dienone is 4. The van der Waals surface area contributed by atoms with Crippen LogP contribution in [0.3, 0.4) is 0 Å². The maximum Gasteiger partial charge on any atom is 0.164 e. The number of aliphatic hydroxyl groups is 1. The van der Waals surface area contributed by atoms with Crippen LogP contribution in [0, 0.1) is 23.7 Å². The zero-order chi connectivity index (χ0) is 16.3. The Labute approximate surface area is 136 Å². The van der Waals surface area contributed by atoms with Gasteiger partial charge in [0.15, 0.2) is 5.78 Å². The normalized spacial score (nSPS) is 33.9. The summed E-state index contributed by atoms with van der Waals surface area (Å²) >= 11 is 0. The molecule has 4 rings (SSSR count). The van der Waals surface area contributed by atoms with Gasteiger partial charge in [0.25, 0.3) is 0 Å². The Morgan fingerprint density at radius 2 is 2.04 bits per heavy atom. The average Bonchev–Trinajstić information content (AvgIpc) is 2.77. The van der Waals surface area contributed by atoms with Gasteiger partial charge >= 0.3 is 0 Å². The molecule has 0 aromatic heterocycles. The van der Waals surface area contributed by atoms with Crippen molar-refractivity contribution in [3.05, 3.63) is 41.0 Å². The first-order valence-electron chi connectivity index (χ1n) is 8.43. The molecule has 2 bridgehead atoms. The highest BCUT2D eigenvalue weighted by molar-refractivity contribution is 6.34. The second-order valence-corrected chi connectivity index (χ2v) is 7.11. The van der Waals surface area contributed by atoms with Crippen molar-refractivity contribution in [2.45, 2.75) is 26.7 Å². The summed E-state index contributed by atoms with van der Waals surface area (Å²) in [7, 11) is 0. The SMILES string of the molecule is C/C=C1/[C@H](C)[C@@H]2CC3=C(C(=O)C[C@@H]1[C@@H]2CO)c1ccc(O)cc13. The third kappa shape index (κ3) is 1.89. The second kappa shape index (κ2) is 5.07. The molecule has 23 heavy (non-hydrogen) atoms. The molecule has 0 unspecified atom stereocenters. The molecule has 3 aliphatic carbocycles. The van der Waals surface area contributed by atoms with E-state index in [4.69, 9.17) is 0 Å². The molecule has 1 saturated carbocycles. The van der Waals surface area contributed by atoms with Crippen LogP contribution in [0.4, 0.5) is 0 Å². The van der Waals surface area contributed by atoms with Crippen molar-refractivity contribution in [3.63, 3.8) is 0 Å². The van der Waals surface area contributed by atoms with Crippen LogP contribution in [0.2, 0.25) is 0 Å². The van der Waals surface area contributed by atoms with Gasteiger partial charge in [0.2, 0.25) is 0 Å². The molecular weight excluding hydrogens is 288 g/mol. The predicted octanol–water partition coefficient (Wildman–Crippen LogP) is 3.42. The van der Waals surface area contributed by atoms with Gasteiger partial charge in [0, 0.05) is 18.6 Å². The molecule has 0 radical (unpaired) electrons. The number of aliphatic hydroxyl groups excluding tert-OH is 1. The molecule has 120 valence electrons. The summed E-state index contributed by atoms with van der Waals surface area (Å²) in [4.78, 5) is 12.9. The molecule has 1 aromatic carbocycles.